The Morgan fingerprint density at radius 2 is 2.21 bits per heavy atom. The molecule has 0 N–H and O–H groups in total. The number of nitrogens with zero attached hydrogens (tertiary/aromatic N) is 4. The number of carbonyl (C=O) groups excluding carboxylic acids is 1. The Morgan fingerprint density at radius 3 is 2.79 bits per heavy atom. The first-order valence-corrected chi connectivity index (χ1v) is 7.88. The quantitative estimate of drug-likeness (QED) is 0.748. The SMILES string of the molecule is CCOC(=O)c1nnc(-n2cc(S(C)(=O)=O)cn2)s1. The molecule has 0 bridgehead atoms. The van der Waals surface area contributed by atoms with Crippen molar-refractivity contribution in [1.29, 1.82) is 0 Å². The van der Waals surface area contributed by atoms with Gasteiger partial charge in [0.1, 0.15) is 4.90 Å². The zero-order chi connectivity index (χ0) is 14.0. The Bertz CT molecular complexity index is 703. The molecule has 0 unspecified atom stereocenters. The van der Waals surface area contributed by atoms with Gasteiger partial charge in [-0.15, -0.1) is 10.2 Å². The van der Waals surface area contributed by atoms with Crippen LogP contribution in [0.3, 0.4) is 0 Å². The van der Waals surface area contributed by atoms with E-state index in [2.05, 4.69) is 15.3 Å². The third-order valence-electron chi connectivity index (χ3n) is 2.05. The first-order chi connectivity index (χ1) is 8.91. The molecule has 0 saturated carbocycles. The van der Waals surface area contributed by atoms with Crippen LogP contribution in [-0.4, -0.2) is 47.2 Å². The molecule has 0 saturated heterocycles. The molecule has 2 aromatic rings. The number of carbonyl (C=O) groups is 1. The average Bonchev–Trinajstić information content (AvgIpc) is 2.97. The van der Waals surface area contributed by atoms with E-state index in [1.807, 2.05) is 0 Å². The predicted octanol–water partition coefficient (Wildman–Crippen LogP) is 0.304. The Balaban J connectivity index is 2.28. The second-order valence-electron chi connectivity index (χ2n) is 3.50. The van der Waals surface area contributed by atoms with Crippen LogP contribution in [0.4, 0.5) is 0 Å². The predicted molar refractivity (Wildman–Crippen MR) is 66.1 cm³/mol. The van der Waals surface area contributed by atoms with Gasteiger partial charge < -0.3 is 4.74 Å². The standard InChI is InChI=1S/C9H10N4O4S2/c1-3-17-8(14)7-11-12-9(18-7)13-5-6(4-10-13)19(2,15)16/h4-5H,3H2,1-2H3. The fourth-order valence-electron chi connectivity index (χ4n) is 1.19. The van der Waals surface area contributed by atoms with Crippen molar-refractivity contribution in [2.75, 3.05) is 12.9 Å². The van der Waals surface area contributed by atoms with Gasteiger partial charge in [0.25, 0.3) is 0 Å². The molecule has 0 aromatic carbocycles. The second kappa shape index (κ2) is 5.05. The number of sulfone groups is 1. The van der Waals surface area contributed by atoms with Gasteiger partial charge >= 0.3 is 5.97 Å². The molecular weight excluding hydrogens is 292 g/mol. The van der Waals surface area contributed by atoms with E-state index in [9.17, 15) is 13.2 Å². The summed E-state index contributed by atoms with van der Waals surface area (Å²) in [6, 6.07) is 0. The Hall–Kier alpha value is -1.81. The van der Waals surface area contributed by atoms with Gasteiger partial charge in [-0.05, 0) is 6.92 Å². The van der Waals surface area contributed by atoms with Crippen molar-refractivity contribution in [1.82, 2.24) is 20.0 Å². The van der Waals surface area contributed by atoms with E-state index in [1.165, 1.54) is 17.1 Å². The van der Waals surface area contributed by atoms with Crippen LogP contribution in [0.5, 0.6) is 0 Å². The van der Waals surface area contributed by atoms with E-state index in [4.69, 9.17) is 4.74 Å². The first-order valence-electron chi connectivity index (χ1n) is 5.17. The van der Waals surface area contributed by atoms with Gasteiger partial charge in [-0.2, -0.15) is 5.10 Å². The largest absolute Gasteiger partial charge is 0.461 e. The average molecular weight is 302 g/mol. The number of esters is 1. The minimum atomic E-state index is -3.33. The molecular formula is C9H10N4O4S2. The summed E-state index contributed by atoms with van der Waals surface area (Å²) in [5.41, 5.74) is 0. The molecule has 102 valence electrons. The van der Waals surface area contributed by atoms with E-state index in [1.54, 1.807) is 6.92 Å². The van der Waals surface area contributed by atoms with Gasteiger partial charge in [-0.1, -0.05) is 11.3 Å². The second-order valence-corrected chi connectivity index (χ2v) is 6.47. The monoisotopic (exact) mass is 302 g/mol. The molecule has 2 heterocycles. The molecule has 0 aliphatic rings. The highest BCUT2D eigenvalue weighted by Crippen LogP contribution is 2.17. The van der Waals surface area contributed by atoms with Crippen molar-refractivity contribution < 1.29 is 17.9 Å². The molecule has 0 aliphatic carbocycles. The Morgan fingerprint density at radius 1 is 1.47 bits per heavy atom. The third-order valence-corrected chi connectivity index (χ3v) is 4.01. The molecule has 19 heavy (non-hydrogen) atoms. The van der Waals surface area contributed by atoms with Gasteiger partial charge in [0, 0.05) is 6.26 Å². The van der Waals surface area contributed by atoms with Crippen molar-refractivity contribution in [2.45, 2.75) is 11.8 Å². The summed E-state index contributed by atoms with van der Waals surface area (Å²) in [7, 11) is -3.33. The number of hydrogen-bond donors (Lipinski definition) is 0. The van der Waals surface area contributed by atoms with E-state index in [0.717, 1.165) is 17.6 Å². The molecule has 0 amide bonds. The summed E-state index contributed by atoms with van der Waals surface area (Å²) in [4.78, 5) is 11.5. The summed E-state index contributed by atoms with van der Waals surface area (Å²) >= 11 is 0.967. The van der Waals surface area contributed by atoms with Crippen LogP contribution in [0.25, 0.3) is 5.13 Å². The maximum absolute atomic E-state index is 11.4. The van der Waals surface area contributed by atoms with Crippen LogP contribution < -0.4 is 0 Å². The highest BCUT2D eigenvalue weighted by Gasteiger charge is 2.17. The number of ether oxygens (including phenoxy) is 1. The van der Waals surface area contributed by atoms with Gasteiger partial charge in [-0.25, -0.2) is 17.9 Å². The summed E-state index contributed by atoms with van der Waals surface area (Å²) in [6.45, 7) is 1.93. The van der Waals surface area contributed by atoms with Gasteiger partial charge in [0.2, 0.25) is 10.1 Å². The van der Waals surface area contributed by atoms with E-state index < -0.39 is 15.8 Å². The molecule has 0 aliphatic heterocycles. The normalized spacial score (nSPS) is 11.5. The van der Waals surface area contributed by atoms with Gasteiger partial charge in [0.15, 0.2) is 9.84 Å². The fraction of sp³-hybridized carbons (Fsp3) is 0.333. The lowest BCUT2D eigenvalue weighted by Crippen LogP contribution is -2.03. The molecule has 2 rings (SSSR count). The summed E-state index contributed by atoms with van der Waals surface area (Å²) in [5.74, 6) is -0.568. The molecule has 0 fully saturated rings. The van der Waals surface area contributed by atoms with Crippen LogP contribution in [0, 0.1) is 0 Å². The van der Waals surface area contributed by atoms with E-state index in [0.29, 0.717) is 0 Å². The number of hydrogen-bond acceptors (Lipinski definition) is 8. The molecule has 0 radical (unpaired) electrons. The van der Waals surface area contributed by atoms with Crippen molar-refractivity contribution in [3.63, 3.8) is 0 Å². The zero-order valence-electron chi connectivity index (χ0n) is 10.1. The van der Waals surface area contributed by atoms with E-state index in [-0.39, 0.29) is 21.6 Å². The van der Waals surface area contributed by atoms with Crippen molar-refractivity contribution in [3.8, 4) is 5.13 Å². The topological polar surface area (TPSA) is 104 Å². The molecule has 0 atom stereocenters. The Labute approximate surface area is 113 Å². The lowest BCUT2D eigenvalue weighted by atomic mass is 10.7. The van der Waals surface area contributed by atoms with Crippen molar-refractivity contribution in [3.05, 3.63) is 17.4 Å². The van der Waals surface area contributed by atoms with Crippen LogP contribution in [0.15, 0.2) is 17.3 Å². The van der Waals surface area contributed by atoms with Crippen molar-refractivity contribution in [2.24, 2.45) is 0 Å². The van der Waals surface area contributed by atoms with Crippen LogP contribution in [0.1, 0.15) is 16.7 Å². The summed E-state index contributed by atoms with van der Waals surface area (Å²) in [6.07, 6.45) is 3.60. The molecule has 8 nitrogen and oxygen atoms in total. The number of aromatic nitrogens is 4. The molecule has 0 spiro atoms. The minimum Gasteiger partial charge on any atom is -0.461 e. The van der Waals surface area contributed by atoms with Crippen LogP contribution in [0.2, 0.25) is 0 Å². The molecule has 10 heteroatoms. The first kappa shape index (κ1) is 13.6. The molecule has 2 aromatic heterocycles. The highest BCUT2D eigenvalue weighted by atomic mass is 32.2. The fourth-order valence-corrected chi connectivity index (χ4v) is 2.39. The lowest BCUT2D eigenvalue weighted by molar-refractivity contribution is 0.0525. The van der Waals surface area contributed by atoms with Crippen LogP contribution in [-0.2, 0) is 14.6 Å². The Kier molecular flexibility index (Phi) is 3.62. The minimum absolute atomic E-state index is 0.0698. The summed E-state index contributed by atoms with van der Waals surface area (Å²) in [5, 5.41) is 11.7. The van der Waals surface area contributed by atoms with Crippen LogP contribution >= 0.6 is 11.3 Å². The zero-order valence-corrected chi connectivity index (χ0v) is 11.7. The number of rotatable bonds is 4. The van der Waals surface area contributed by atoms with Gasteiger partial charge in [-0.3, -0.25) is 0 Å². The highest BCUT2D eigenvalue weighted by molar-refractivity contribution is 7.90. The smallest absolute Gasteiger partial charge is 0.369 e. The van der Waals surface area contributed by atoms with Crippen molar-refractivity contribution >= 4 is 27.1 Å². The van der Waals surface area contributed by atoms with E-state index >= 15 is 0 Å². The summed E-state index contributed by atoms with van der Waals surface area (Å²) < 4.78 is 28.7. The van der Waals surface area contributed by atoms with Gasteiger partial charge in [0.05, 0.1) is 19.0 Å². The lowest BCUT2D eigenvalue weighted by Gasteiger charge is -1.94. The maximum Gasteiger partial charge on any atom is 0.369 e. The third kappa shape index (κ3) is 2.96. The maximum atomic E-state index is 11.4.